The third-order valence-electron chi connectivity index (χ3n) is 4.88. The Morgan fingerprint density at radius 2 is 1.52 bits per heavy atom. The summed E-state index contributed by atoms with van der Waals surface area (Å²) in [6.07, 6.45) is -4.67. The lowest BCUT2D eigenvalue weighted by Crippen LogP contribution is -2.43. The van der Waals surface area contributed by atoms with E-state index in [1.54, 1.807) is 24.3 Å². The van der Waals surface area contributed by atoms with Gasteiger partial charge in [0.25, 0.3) is 5.91 Å². The highest BCUT2D eigenvalue weighted by molar-refractivity contribution is 5.98. The Morgan fingerprint density at radius 1 is 0.879 bits per heavy atom. The highest BCUT2D eigenvalue weighted by Crippen LogP contribution is 2.31. The molecule has 0 fully saturated rings. The Kier molecular flexibility index (Phi) is 7.71. The number of methoxy groups -OCH3 is 1. The maximum absolute atomic E-state index is 13.2. The molecule has 33 heavy (non-hydrogen) atoms. The van der Waals surface area contributed by atoms with Gasteiger partial charge in [-0.3, -0.25) is 4.79 Å². The Balaban J connectivity index is 1.69. The summed E-state index contributed by atoms with van der Waals surface area (Å²) in [5.41, 5.74) is 0.0330. The summed E-state index contributed by atoms with van der Waals surface area (Å²) >= 11 is 0. The monoisotopic (exact) mass is 457 g/mol. The molecule has 172 valence electrons. The number of halogens is 3. The molecule has 8 heteroatoms. The van der Waals surface area contributed by atoms with Crippen molar-refractivity contribution in [3.8, 4) is 5.75 Å². The number of hydrogen-bond acceptors (Lipinski definition) is 4. The van der Waals surface area contributed by atoms with Crippen molar-refractivity contribution in [3.63, 3.8) is 0 Å². The Morgan fingerprint density at radius 3 is 2.15 bits per heavy atom. The van der Waals surface area contributed by atoms with E-state index < -0.39 is 35.2 Å². The molecular formula is C25H22F3NO4. The van der Waals surface area contributed by atoms with Gasteiger partial charge in [-0.05, 0) is 35.4 Å². The van der Waals surface area contributed by atoms with Crippen LogP contribution in [0.3, 0.4) is 0 Å². The number of amides is 1. The molecule has 1 atom stereocenters. The summed E-state index contributed by atoms with van der Waals surface area (Å²) in [7, 11) is 1.14. The van der Waals surface area contributed by atoms with Crippen LogP contribution in [0.1, 0.15) is 27.0 Å². The van der Waals surface area contributed by atoms with Crippen LogP contribution >= 0.6 is 0 Å². The summed E-state index contributed by atoms with van der Waals surface area (Å²) in [5.74, 6) is -1.17. The molecule has 0 unspecified atom stereocenters. The van der Waals surface area contributed by atoms with Crippen molar-refractivity contribution >= 4 is 11.9 Å². The minimum Gasteiger partial charge on any atom is -0.489 e. The van der Waals surface area contributed by atoms with Crippen molar-refractivity contribution in [2.24, 2.45) is 0 Å². The lowest BCUT2D eigenvalue weighted by Gasteiger charge is -2.18. The molecule has 3 rings (SSSR count). The Labute approximate surface area is 189 Å². The van der Waals surface area contributed by atoms with Gasteiger partial charge in [-0.2, -0.15) is 13.2 Å². The molecule has 0 heterocycles. The zero-order valence-corrected chi connectivity index (χ0v) is 17.8. The number of ether oxygens (including phenoxy) is 2. The molecule has 3 aromatic carbocycles. The molecule has 0 saturated carbocycles. The summed E-state index contributed by atoms with van der Waals surface area (Å²) in [5, 5.41) is 2.36. The van der Waals surface area contributed by atoms with Crippen LogP contribution in [-0.2, 0) is 28.7 Å². The molecule has 0 bridgehead atoms. The van der Waals surface area contributed by atoms with Crippen LogP contribution in [0.15, 0.2) is 78.9 Å². The minimum absolute atomic E-state index is 0.0333. The molecule has 0 aliphatic heterocycles. The smallest absolute Gasteiger partial charge is 0.417 e. The van der Waals surface area contributed by atoms with Crippen LogP contribution < -0.4 is 10.1 Å². The van der Waals surface area contributed by atoms with Crippen molar-refractivity contribution < 1.29 is 32.2 Å². The summed E-state index contributed by atoms with van der Waals surface area (Å²) in [6, 6.07) is 19.7. The molecule has 1 N–H and O–H groups in total. The average molecular weight is 457 g/mol. The highest BCUT2D eigenvalue weighted by Gasteiger charge is 2.35. The molecule has 3 aromatic rings. The van der Waals surface area contributed by atoms with Crippen molar-refractivity contribution in [2.45, 2.75) is 25.2 Å². The first kappa shape index (κ1) is 23.8. The first-order valence-electron chi connectivity index (χ1n) is 10.1. The van der Waals surface area contributed by atoms with Gasteiger partial charge < -0.3 is 14.8 Å². The number of alkyl halides is 3. The lowest BCUT2D eigenvalue weighted by molar-refractivity contribution is -0.142. The molecule has 0 aliphatic carbocycles. The number of hydrogen-bond donors (Lipinski definition) is 1. The fraction of sp³-hybridized carbons (Fsp3) is 0.200. The van der Waals surface area contributed by atoms with E-state index >= 15 is 0 Å². The fourth-order valence-corrected chi connectivity index (χ4v) is 3.20. The molecule has 0 aromatic heterocycles. The quantitative estimate of drug-likeness (QED) is 0.494. The standard InChI is InChI=1S/C25H22F3NO4/c1-32-24(31)22(29-23(30)20-9-5-6-10-21(20)25(26,27)28)15-17-11-13-19(14-12-17)33-16-18-7-3-2-4-8-18/h2-14,22H,15-16H2,1H3,(H,29,30)/t22-/m1/s1. The SMILES string of the molecule is COC(=O)[C@@H](Cc1ccc(OCc2ccccc2)cc1)NC(=O)c1ccccc1C(F)(F)F. The molecular weight excluding hydrogens is 435 g/mol. The third-order valence-corrected chi connectivity index (χ3v) is 4.88. The van der Waals surface area contributed by atoms with Gasteiger partial charge in [0, 0.05) is 6.42 Å². The van der Waals surface area contributed by atoms with Gasteiger partial charge >= 0.3 is 12.1 Å². The number of rotatable bonds is 8. The fourth-order valence-electron chi connectivity index (χ4n) is 3.20. The van der Waals surface area contributed by atoms with Gasteiger partial charge in [-0.15, -0.1) is 0 Å². The Hall–Kier alpha value is -3.81. The van der Waals surface area contributed by atoms with Crippen LogP contribution in [0.25, 0.3) is 0 Å². The lowest BCUT2D eigenvalue weighted by atomic mass is 10.0. The molecule has 5 nitrogen and oxygen atoms in total. The topological polar surface area (TPSA) is 64.6 Å². The third kappa shape index (κ3) is 6.58. The number of nitrogens with one attached hydrogen (secondary N) is 1. The van der Waals surface area contributed by atoms with E-state index in [9.17, 15) is 22.8 Å². The molecule has 0 radical (unpaired) electrons. The van der Waals surface area contributed by atoms with Crippen molar-refractivity contribution in [1.82, 2.24) is 5.32 Å². The van der Waals surface area contributed by atoms with E-state index in [1.807, 2.05) is 30.3 Å². The van der Waals surface area contributed by atoms with Crippen LogP contribution in [0.4, 0.5) is 13.2 Å². The van der Waals surface area contributed by atoms with E-state index in [1.165, 1.54) is 12.1 Å². The second-order valence-corrected chi connectivity index (χ2v) is 7.21. The van der Waals surface area contributed by atoms with Crippen LogP contribution in [0.2, 0.25) is 0 Å². The summed E-state index contributed by atoms with van der Waals surface area (Å²) in [4.78, 5) is 24.8. The second-order valence-electron chi connectivity index (χ2n) is 7.21. The summed E-state index contributed by atoms with van der Waals surface area (Å²) < 4.78 is 50.2. The molecule has 0 spiro atoms. The van der Waals surface area contributed by atoms with Gasteiger partial charge in [0.2, 0.25) is 0 Å². The number of esters is 1. The predicted octanol–water partition coefficient (Wildman–Crippen LogP) is 4.80. The van der Waals surface area contributed by atoms with Crippen molar-refractivity contribution in [1.29, 1.82) is 0 Å². The van der Waals surface area contributed by atoms with Gasteiger partial charge in [0.15, 0.2) is 0 Å². The van der Waals surface area contributed by atoms with Crippen LogP contribution in [-0.4, -0.2) is 25.0 Å². The average Bonchev–Trinajstić information content (AvgIpc) is 2.82. The number of carbonyl (C=O) groups excluding carboxylic acids is 2. The number of benzene rings is 3. The normalized spacial score (nSPS) is 12.0. The molecule has 0 aliphatic rings. The van der Waals surface area contributed by atoms with E-state index in [-0.39, 0.29) is 6.42 Å². The van der Waals surface area contributed by atoms with E-state index in [0.29, 0.717) is 17.9 Å². The van der Waals surface area contributed by atoms with E-state index in [2.05, 4.69) is 5.32 Å². The van der Waals surface area contributed by atoms with Crippen LogP contribution in [0, 0.1) is 0 Å². The molecule has 0 saturated heterocycles. The first-order chi connectivity index (χ1) is 15.8. The number of carbonyl (C=O) groups is 2. The zero-order valence-electron chi connectivity index (χ0n) is 17.8. The van der Waals surface area contributed by atoms with Crippen molar-refractivity contribution in [2.75, 3.05) is 7.11 Å². The maximum Gasteiger partial charge on any atom is 0.417 e. The van der Waals surface area contributed by atoms with Gasteiger partial charge in [0.1, 0.15) is 18.4 Å². The maximum atomic E-state index is 13.2. The van der Waals surface area contributed by atoms with E-state index in [4.69, 9.17) is 9.47 Å². The zero-order chi connectivity index (χ0) is 23.8. The first-order valence-corrected chi connectivity index (χ1v) is 10.1. The van der Waals surface area contributed by atoms with Gasteiger partial charge in [0.05, 0.1) is 18.2 Å². The van der Waals surface area contributed by atoms with Crippen molar-refractivity contribution in [3.05, 3.63) is 101 Å². The second kappa shape index (κ2) is 10.7. The largest absolute Gasteiger partial charge is 0.489 e. The van der Waals surface area contributed by atoms with E-state index in [0.717, 1.165) is 24.8 Å². The Bertz CT molecular complexity index is 1080. The minimum atomic E-state index is -4.70. The van der Waals surface area contributed by atoms with Crippen LogP contribution in [0.5, 0.6) is 5.75 Å². The summed E-state index contributed by atoms with van der Waals surface area (Å²) in [6.45, 7) is 0.389. The van der Waals surface area contributed by atoms with Gasteiger partial charge in [-0.25, -0.2) is 4.79 Å². The molecule has 1 amide bonds. The van der Waals surface area contributed by atoms with Gasteiger partial charge in [-0.1, -0.05) is 54.6 Å². The predicted molar refractivity (Wildman–Crippen MR) is 116 cm³/mol. The highest BCUT2D eigenvalue weighted by atomic mass is 19.4.